The first-order chi connectivity index (χ1) is 10.5. The lowest BCUT2D eigenvalue weighted by molar-refractivity contribution is 0.0722. The Balaban J connectivity index is 1.67. The zero-order valence-electron chi connectivity index (χ0n) is 12.5. The minimum atomic E-state index is -0.242. The van der Waals surface area contributed by atoms with Gasteiger partial charge in [-0.1, -0.05) is 18.2 Å². The highest BCUT2D eigenvalue weighted by molar-refractivity contribution is 5.91. The molecular formula is C16H17N3O3. The molecule has 0 saturated carbocycles. The average Bonchev–Trinajstić information content (AvgIpc) is 2.91. The summed E-state index contributed by atoms with van der Waals surface area (Å²) >= 11 is 0. The molecule has 6 heteroatoms. The van der Waals surface area contributed by atoms with E-state index in [9.17, 15) is 9.59 Å². The van der Waals surface area contributed by atoms with Gasteiger partial charge in [0.25, 0.3) is 11.5 Å². The summed E-state index contributed by atoms with van der Waals surface area (Å²) in [6.45, 7) is 0.470. The number of nitrogens with zero attached hydrogens (tertiary/aromatic N) is 3. The van der Waals surface area contributed by atoms with Crippen LogP contribution >= 0.6 is 0 Å². The summed E-state index contributed by atoms with van der Waals surface area (Å²) in [5.74, 6) is 0.656. The Morgan fingerprint density at radius 3 is 2.86 bits per heavy atom. The standard InChI is InChI=1S/C16H17N3O3/c1-18(16(21)13-7-8-15(20)19(2)17-13)10-12-9-11-5-3-4-6-14(11)22-12/h3-8,12H,9-10H2,1-2H3/t12-/m1/s1. The zero-order chi connectivity index (χ0) is 15.7. The molecule has 0 radical (unpaired) electrons. The highest BCUT2D eigenvalue weighted by Crippen LogP contribution is 2.28. The molecule has 1 aliphatic rings. The van der Waals surface area contributed by atoms with E-state index in [0.29, 0.717) is 6.54 Å². The molecule has 6 nitrogen and oxygen atoms in total. The van der Waals surface area contributed by atoms with Crippen LogP contribution in [0, 0.1) is 0 Å². The Bertz CT molecular complexity index is 744. The highest BCUT2D eigenvalue weighted by Gasteiger charge is 2.25. The van der Waals surface area contributed by atoms with Crippen LogP contribution < -0.4 is 10.3 Å². The predicted octanol–water partition coefficient (Wildman–Crippen LogP) is 0.856. The number of hydrogen-bond donors (Lipinski definition) is 0. The van der Waals surface area contributed by atoms with Crippen molar-refractivity contribution in [3.05, 3.63) is 58.0 Å². The molecule has 1 amide bonds. The molecule has 3 rings (SSSR count). The van der Waals surface area contributed by atoms with Gasteiger partial charge in [0.05, 0.1) is 6.54 Å². The monoisotopic (exact) mass is 299 g/mol. The van der Waals surface area contributed by atoms with Crippen LogP contribution in [-0.4, -0.2) is 40.3 Å². The van der Waals surface area contributed by atoms with E-state index >= 15 is 0 Å². The van der Waals surface area contributed by atoms with Crippen LogP contribution in [0.5, 0.6) is 5.75 Å². The van der Waals surface area contributed by atoms with E-state index in [2.05, 4.69) is 5.10 Å². The first-order valence-electron chi connectivity index (χ1n) is 7.09. The molecule has 22 heavy (non-hydrogen) atoms. The van der Waals surface area contributed by atoms with Gasteiger partial charge in [0.2, 0.25) is 0 Å². The van der Waals surface area contributed by atoms with Crippen molar-refractivity contribution in [1.29, 1.82) is 0 Å². The third-order valence-corrected chi connectivity index (χ3v) is 3.72. The molecule has 1 aromatic heterocycles. The summed E-state index contributed by atoms with van der Waals surface area (Å²) < 4.78 is 6.99. The lowest BCUT2D eigenvalue weighted by atomic mass is 10.1. The summed E-state index contributed by atoms with van der Waals surface area (Å²) in [5, 5.41) is 3.98. The van der Waals surface area contributed by atoms with Gasteiger partial charge in [0.15, 0.2) is 0 Å². The first kappa shape index (κ1) is 14.3. The average molecular weight is 299 g/mol. The number of likely N-dealkylation sites (N-methyl/N-ethyl adjacent to an activating group) is 1. The lowest BCUT2D eigenvalue weighted by Gasteiger charge is -2.20. The zero-order valence-corrected chi connectivity index (χ0v) is 12.5. The number of para-hydroxylation sites is 1. The van der Waals surface area contributed by atoms with Gasteiger partial charge in [-0.3, -0.25) is 9.59 Å². The maximum absolute atomic E-state index is 12.4. The summed E-state index contributed by atoms with van der Waals surface area (Å²) in [4.78, 5) is 25.3. The molecule has 2 heterocycles. The van der Waals surface area contributed by atoms with Gasteiger partial charge in [-0.15, -0.1) is 0 Å². The smallest absolute Gasteiger partial charge is 0.274 e. The summed E-state index contributed by atoms with van der Waals surface area (Å²) in [5.41, 5.74) is 1.17. The summed E-state index contributed by atoms with van der Waals surface area (Å²) in [7, 11) is 3.23. The van der Waals surface area contributed by atoms with Crippen molar-refractivity contribution in [1.82, 2.24) is 14.7 Å². The highest BCUT2D eigenvalue weighted by atomic mass is 16.5. The van der Waals surface area contributed by atoms with Crippen LogP contribution in [0.25, 0.3) is 0 Å². The quantitative estimate of drug-likeness (QED) is 0.843. The number of aryl methyl sites for hydroxylation is 1. The number of benzene rings is 1. The number of carbonyl (C=O) groups excluding carboxylic acids is 1. The maximum atomic E-state index is 12.4. The number of carbonyl (C=O) groups is 1. The van der Waals surface area contributed by atoms with E-state index in [-0.39, 0.29) is 23.3 Å². The van der Waals surface area contributed by atoms with Crippen LogP contribution in [0.2, 0.25) is 0 Å². The van der Waals surface area contributed by atoms with Gasteiger partial charge in [-0.2, -0.15) is 5.10 Å². The lowest BCUT2D eigenvalue weighted by Crippen LogP contribution is -2.37. The molecule has 0 spiro atoms. The summed E-state index contributed by atoms with van der Waals surface area (Å²) in [6.07, 6.45) is 0.730. The molecule has 0 bridgehead atoms. The van der Waals surface area contributed by atoms with Crippen molar-refractivity contribution in [2.75, 3.05) is 13.6 Å². The summed E-state index contributed by atoms with van der Waals surface area (Å²) in [6, 6.07) is 10.7. The first-order valence-corrected chi connectivity index (χ1v) is 7.09. The van der Waals surface area contributed by atoms with E-state index in [4.69, 9.17) is 4.74 Å². The fourth-order valence-corrected chi connectivity index (χ4v) is 2.56. The number of hydrogen-bond acceptors (Lipinski definition) is 4. The van der Waals surface area contributed by atoms with Crippen LogP contribution in [0.1, 0.15) is 16.1 Å². The normalized spacial score (nSPS) is 16.0. The van der Waals surface area contributed by atoms with E-state index < -0.39 is 0 Å². The van der Waals surface area contributed by atoms with Crippen LogP contribution in [0.15, 0.2) is 41.2 Å². The maximum Gasteiger partial charge on any atom is 0.274 e. The van der Waals surface area contributed by atoms with Crippen molar-refractivity contribution in [2.45, 2.75) is 12.5 Å². The Hall–Kier alpha value is -2.63. The molecule has 114 valence electrons. The second-order valence-corrected chi connectivity index (χ2v) is 5.42. The largest absolute Gasteiger partial charge is 0.488 e. The minimum absolute atomic E-state index is 0.0566. The van der Waals surface area contributed by atoms with E-state index in [1.54, 1.807) is 11.9 Å². The van der Waals surface area contributed by atoms with Crippen molar-refractivity contribution >= 4 is 5.91 Å². The number of rotatable bonds is 3. The van der Waals surface area contributed by atoms with Gasteiger partial charge in [-0.25, -0.2) is 4.68 Å². The van der Waals surface area contributed by atoms with E-state index in [0.717, 1.165) is 22.4 Å². The molecule has 0 N–H and O–H groups in total. The van der Waals surface area contributed by atoms with E-state index in [1.165, 1.54) is 19.2 Å². The van der Waals surface area contributed by atoms with Gasteiger partial charge in [-0.05, 0) is 17.7 Å². The Labute approximate surface area is 127 Å². The number of fused-ring (bicyclic) bond motifs is 1. The van der Waals surface area contributed by atoms with Gasteiger partial charge in [0, 0.05) is 26.6 Å². The number of amides is 1. The molecule has 1 aliphatic heterocycles. The second-order valence-electron chi connectivity index (χ2n) is 5.42. The Kier molecular flexibility index (Phi) is 3.66. The molecule has 0 fully saturated rings. The molecule has 0 aliphatic carbocycles. The molecular weight excluding hydrogens is 282 g/mol. The molecule has 0 unspecified atom stereocenters. The van der Waals surface area contributed by atoms with Crippen LogP contribution in [0.4, 0.5) is 0 Å². The van der Waals surface area contributed by atoms with Crippen LogP contribution in [0.3, 0.4) is 0 Å². The predicted molar refractivity (Wildman–Crippen MR) is 81.0 cm³/mol. The molecule has 1 aromatic carbocycles. The topological polar surface area (TPSA) is 64.4 Å². The SMILES string of the molecule is CN(C[C@H]1Cc2ccccc2O1)C(=O)c1ccc(=O)n(C)n1. The van der Waals surface area contributed by atoms with Gasteiger partial charge in [0.1, 0.15) is 17.5 Å². The molecule has 1 atom stereocenters. The third-order valence-electron chi connectivity index (χ3n) is 3.72. The van der Waals surface area contributed by atoms with Crippen molar-refractivity contribution in [3.63, 3.8) is 0 Å². The number of aromatic nitrogens is 2. The van der Waals surface area contributed by atoms with Gasteiger partial charge < -0.3 is 9.64 Å². The van der Waals surface area contributed by atoms with Crippen LogP contribution in [-0.2, 0) is 13.5 Å². The number of ether oxygens (including phenoxy) is 1. The minimum Gasteiger partial charge on any atom is -0.488 e. The van der Waals surface area contributed by atoms with E-state index in [1.807, 2.05) is 24.3 Å². The fraction of sp³-hybridized carbons (Fsp3) is 0.312. The van der Waals surface area contributed by atoms with Crippen molar-refractivity contribution < 1.29 is 9.53 Å². The third kappa shape index (κ3) is 2.72. The molecule has 0 saturated heterocycles. The van der Waals surface area contributed by atoms with Gasteiger partial charge >= 0.3 is 0 Å². The van der Waals surface area contributed by atoms with Crippen molar-refractivity contribution in [3.8, 4) is 5.75 Å². The fourth-order valence-electron chi connectivity index (χ4n) is 2.56. The second kappa shape index (κ2) is 5.63. The Morgan fingerprint density at radius 2 is 2.14 bits per heavy atom. The van der Waals surface area contributed by atoms with Crippen molar-refractivity contribution in [2.24, 2.45) is 7.05 Å². The molecule has 2 aromatic rings. The Morgan fingerprint density at radius 1 is 1.36 bits per heavy atom.